The summed E-state index contributed by atoms with van der Waals surface area (Å²) in [6, 6.07) is 4.41. The van der Waals surface area contributed by atoms with Gasteiger partial charge in [-0.25, -0.2) is 8.42 Å². The smallest absolute Gasteiger partial charge is 0.255 e. The molecule has 2 aliphatic rings. The predicted molar refractivity (Wildman–Crippen MR) is 107 cm³/mol. The molecule has 0 aromatic heterocycles. The van der Waals surface area contributed by atoms with E-state index in [0.29, 0.717) is 31.2 Å². The van der Waals surface area contributed by atoms with Crippen molar-refractivity contribution in [3.05, 3.63) is 28.8 Å². The van der Waals surface area contributed by atoms with Crippen molar-refractivity contribution in [2.45, 2.75) is 31.6 Å². The summed E-state index contributed by atoms with van der Waals surface area (Å²) in [6.07, 6.45) is 2.64. The zero-order valence-corrected chi connectivity index (χ0v) is 17.6. The van der Waals surface area contributed by atoms with Crippen LogP contribution < -0.4 is 0 Å². The van der Waals surface area contributed by atoms with Crippen LogP contribution >= 0.6 is 11.6 Å². The Hall–Kier alpha value is -1.15. The Morgan fingerprint density at radius 2 is 1.78 bits per heavy atom. The minimum absolute atomic E-state index is 0.117. The number of nitrogens with zero attached hydrogens (tertiary/aromatic N) is 3. The minimum Gasteiger partial charge on any atom is -0.336 e. The lowest BCUT2D eigenvalue weighted by Crippen LogP contribution is -2.49. The van der Waals surface area contributed by atoms with Gasteiger partial charge in [0.15, 0.2) is 0 Å². The molecule has 1 saturated carbocycles. The highest BCUT2D eigenvalue weighted by Crippen LogP contribution is 2.30. The summed E-state index contributed by atoms with van der Waals surface area (Å²) in [5.74, 6) is 0.645. The van der Waals surface area contributed by atoms with Crippen LogP contribution in [0.15, 0.2) is 23.1 Å². The van der Waals surface area contributed by atoms with Gasteiger partial charge in [0.25, 0.3) is 5.91 Å². The van der Waals surface area contributed by atoms with Crippen LogP contribution in [0.2, 0.25) is 5.02 Å². The van der Waals surface area contributed by atoms with Gasteiger partial charge in [0, 0.05) is 45.8 Å². The summed E-state index contributed by atoms with van der Waals surface area (Å²) >= 11 is 6.25. The number of hydrogen-bond donors (Lipinski definition) is 0. The van der Waals surface area contributed by atoms with Crippen LogP contribution in [0, 0.1) is 5.92 Å². The monoisotopic (exact) mass is 413 g/mol. The maximum absolute atomic E-state index is 13.0. The van der Waals surface area contributed by atoms with Crippen molar-refractivity contribution in [3.8, 4) is 0 Å². The lowest BCUT2D eigenvalue weighted by Gasteiger charge is -2.35. The molecule has 6 nitrogen and oxygen atoms in total. The molecule has 1 heterocycles. The molecule has 1 saturated heterocycles. The van der Waals surface area contributed by atoms with Gasteiger partial charge in [-0.15, -0.1) is 0 Å². The van der Waals surface area contributed by atoms with E-state index in [4.69, 9.17) is 11.6 Å². The molecular weight excluding hydrogens is 386 g/mol. The first-order chi connectivity index (χ1) is 12.9. The van der Waals surface area contributed by atoms with Crippen LogP contribution in [-0.4, -0.2) is 74.2 Å². The molecule has 0 unspecified atom stereocenters. The molecule has 3 rings (SSSR count). The van der Waals surface area contributed by atoms with Gasteiger partial charge in [0.2, 0.25) is 10.0 Å². The predicted octanol–water partition coefficient (Wildman–Crippen LogP) is 2.54. The molecule has 0 radical (unpaired) electrons. The molecule has 0 N–H and O–H groups in total. The molecule has 1 aliphatic carbocycles. The molecular formula is C19H28ClN3O3S. The van der Waals surface area contributed by atoms with Crippen LogP contribution in [0.1, 0.15) is 37.0 Å². The lowest BCUT2D eigenvalue weighted by atomic mass is 10.1. The standard InChI is InChI=1S/C19H28ClN3O3S/c1-3-23(4-2)27(25,26)16-7-8-18(20)17(13-16)19(24)22-11-9-21(10-12-22)14-15-5-6-15/h7-8,13,15H,3-6,9-12,14H2,1-2H3. The molecule has 2 fully saturated rings. The summed E-state index contributed by atoms with van der Waals surface area (Å²) in [4.78, 5) is 17.3. The Bertz CT molecular complexity index is 783. The fourth-order valence-electron chi connectivity index (χ4n) is 3.51. The highest BCUT2D eigenvalue weighted by atomic mass is 35.5. The number of benzene rings is 1. The van der Waals surface area contributed by atoms with E-state index in [1.165, 1.54) is 35.3 Å². The van der Waals surface area contributed by atoms with Gasteiger partial charge >= 0.3 is 0 Å². The molecule has 0 bridgehead atoms. The van der Waals surface area contributed by atoms with Gasteiger partial charge < -0.3 is 4.90 Å². The number of halogens is 1. The number of carbonyl (C=O) groups is 1. The number of rotatable bonds is 7. The number of carbonyl (C=O) groups excluding carboxylic acids is 1. The van der Waals surface area contributed by atoms with E-state index in [0.717, 1.165) is 25.6 Å². The Kier molecular flexibility index (Phi) is 6.46. The molecule has 1 amide bonds. The van der Waals surface area contributed by atoms with Gasteiger partial charge in [0.05, 0.1) is 15.5 Å². The Morgan fingerprint density at radius 3 is 2.33 bits per heavy atom. The summed E-state index contributed by atoms with van der Waals surface area (Å²) in [6.45, 7) is 8.49. The quantitative estimate of drug-likeness (QED) is 0.689. The number of hydrogen-bond acceptors (Lipinski definition) is 4. The summed E-state index contributed by atoms with van der Waals surface area (Å²) < 4.78 is 26.9. The van der Waals surface area contributed by atoms with Crippen molar-refractivity contribution in [2.75, 3.05) is 45.8 Å². The van der Waals surface area contributed by atoms with E-state index in [1.54, 1.807) is 18.7 Å². The first-order valence-electron chi connectivity index (χ1n) is 9.68. The third-order valence-corrected chi connectivity index (χ3v) is 7.76. The first kappa shape index (κ1) is 20.6. The first-order valence-corrected chi connectivity index (χ1v) is 11.5. The van der Waals surface area contributed by atoms with Crippen LogP contribution in [0.5, 0.6) is 0 Å². The maximum atomic E-state index is 13.0. The molecule has 150 valence electrons. The lowest BCUT2D eigenvalue weighted by molar-refractivity contribution is 0.0632. The number of piperazine rings is 1. The van der Waals surface area contributed by atoms with Gasteiger partial charge in [-0.3, -0.25) is 9.69 Å². The molecule has 1 aromatic carbocycles. The van der Waals surface area contributed by atoms with Gasteiger partial charge in [-0.1, -0.05) is 25.4 Å². The molecule has 27 heavy (non-hydrogen) atoms. The normalized spacial score (nSPS) is 18.9. The second kappa shape index (κ2) is 8.47. The molecule has 0 atom stereocenters. The van der Waals surface area contributed by atoms with Crippen molar-refractivity contribution in [1.82, 2.24) is 14.1 Å². The fraction of sp³-hybridized carbons (Fsp3) is 0.632. The fourth-order valence-corrected chi connectivity index (χ4v) is 5.19. The van der Waals surface area contributed by atoms with Crippen molar-refractivity contribution < 1.29 is 13.2 Å². The van der Waals surface area contributed by atoms with Gasteiger partial charge in [-0.05, 0) is 37.0 Å². The summed E-state index contributed by atoms with van der Waals surface area (Å²) in [5.41, 5.74) is 0.264. The zero-order valence-electron chi connectivity index (χ0n) is 16.0. The second-order valence-electron chi connectivity index (χ2n) is 7.27. The van der Waals surface area contributed by atoms with Crippen LogP contribution in [0.4, 0.5) is 0 Å². The Labute approximate surface area is 167 Å². The summed E-state index contributed by atoms with van der Waals surface area (Å²) in [7, 11) is -3.62. The highest BCUT2D eigenvalue weighted by Gasteiger charge is 2.29. The number of sulfonamides is 1. The van der Waals surface area contributed by atoms with Crippen LogP contribution in [0.3, 0.4) is 0 Å². The molecule has 1 aliphatic heterocycles. The van der Waals surface area contributed by atoms with E-state index in [2.05, 4.69) is 4.90 Å². The second-order valence-corrected chi connectivity index (χ2v) is 9.61. The van der Waals surface area contributed by atoms with E-state index in [-0.39, 0.29) is 16.4 Å². The Morgan fingerprint density at radius 1 is 1.15 bits per heavy atom. The zero-order chi connectivity index (χ0) is 19.6. The van der Waals surface area contributed by atoms with E-state index >= 15 is 0 Å². The van der Waals surface area contributed by atoms with Crippen LogP contribution in [-0.2, 0) is 10.0 Å². The molecule has 1 aromatic rings. The van der Waals surface area contributed by atoms with E-state index in [9.17, 15) is 13.2 Å². The largest absolute Gasteiger partial charge is 0.336 e. The van der Waals surface area contributed by atoms with Crippen molar-refractivity contribution in [2.24, 2.45) is 5.92 Å². The van der Waals surface area contributed by atoms with E-state index < -0.39 is 10.0 Å². The highest BCUT2D eigenvalue weighted by molar-refractivity contribution is 7.89. The maximum Gasteiger partial charge on any atom is 0.255 e. The molecule has 0 spiro atoms. The van der Waals surface area contributed by atoms with Crippen LogP contribution in [0.25, 0.3) is 0 Å². The minimum atomic E-state index is -3.62. The average Bonchev–Trinajstić information content (AvgIpc) is 3.47. The third-order valence-electron chi connectivity index (χ3n) is 5.38. The van der Waals surface area contributed by atoms with Crippen molar-refractivity contribution in [3.63, 3.8) is 0 Å². The SMILES string of the molecule is CCN(CC)S(=O)(=O)c1ccc(Cl)c(C(=O)N2CCN(CC3CC3)CC2)c1. The molecule has 8 heteroatoms. The van der Waals surface area contributed by atoms with E-state index in [1.807, 2.05) is 0 Å². The number of amides is 1. The average molecular weight is 414 g/mol. The van der Waals surface area contributed by atoms with Gasteiger partial charge in [0.1, 0.15) is 0 Å². The Balaban J connectivity index is 1.75. The summed E-state index contributed by atoms with van der Waals surface area (Å²) in [5, 5.41) is 0.291. The van der Waals surface area contributed by atoms with Gasteiger partial charge in [-0.2, -0.15) is 4.31 Å². The third kappa shape index (κ3) is 4.65. The van der Waals surface area contributed by atoms with Crippen molar-refractivity contribution >= 4 is 27.5 Å². The topological polar surface area (TPSA) is 60.9 Å². The van der Waals surface area contributed by atoms with Crippen molar-refractivity contribution in [1.29, 1.82) is 0 Å².